The number of rotatable bonds is 6. The first kappa shape index (κ1) is 20.6. The van der Waals surface area contributed by atoms with E-state index in [9.17, 15) is 9.90 Å². The van der Waals surface area contributed by atoms with Crippen LogP contribution in [0.2, 0.25) is 0 Å². The van der Waals surface area contributed by atoms with E-state index in [2.05, 4.69) is 21.8 Å². The molecule has 0 atom stereocenters. The number of ether oxygens (including phenoxy) is 1. The standard InChI is InChI=1S/C22H26N6O3/c1-24-20(23)19-18(15-11-14-5-4-6-16(31-3)17(14)26-15)27-21(28(19)25-2)12-7-9-13(10-8-12)22(29)30/h4-6,11-13,26H,2,7-10H2,1,3H3,(H2,23,24)(H,29,30). The summed E-state index contributed by atoms with van der Waals surface area (Å²) >= 11 is 0. The maximum Gasteiger partial charge on any atom is 0.306 e. The van der Waals surface area contributed by atoms with Gasteiger partial charge in [0, 0.05) is 25.1 Å². The Morgan fingerprint density at radius 3 is 2.71 bits per heavy atom. The van der Waals surface area contributed by atoms with Crippen LogP contribution in [0.1, 0.15) is 43.1 Å². The highest BCUT2D eigenvalue weighted by molar-refractivity contribution is 6.02. The van der Waals surface area contributed by atoms with Crippen LogP contribution in [0.15, 0.2) is 34.4 Å². The minimum atomic E-state index is -0.737. The summed E-state index contributed by atoms with van der Waals surface area (Å²) in [5.74, 6) is 0.776. The number of aliphatic carboxylic acids is 1. The number of imidazole rings is 1. The largest absolute Gasteiger partial charge is 0.495 e. The highest BCUT2D eigenvalue weighted by atomic mass is 16.5. The van der Waals surface area contributed by atoms with Crippen molar-refractivity contribution in [1.29, 1.82) is 0 Å². The summed E-state index contributed by atoms with van der Waals surface area (Å²) < 4.78 is 7.11. The van der Waals surface area contributed by atoms with Crippen molar-refractivity contribution in [2.75, 3.05) is 14.2 Å². The molecule has 0 spiro atoms. The van der Waals surface area contributed by atoms with Gasteiger partial charge >= 0.3 is 5.97 Å². The van der Waals surface area contributed by atoms with Gasteiger partial charge in [0.25, 0.3) is 0 Å². The molecule has 9 nitrogen and oxygen atoms in total. The number of carbonyl (C=O) groups is 1. The van der Waals surface area contributed by atoms with Crippen LogP contribution in [0, 0.1) is 5.92 Å². The molecule has 1 aliphatic rings. The molecule has 0 radical (unpaired) electrons. The molecular weight excluding hydrogens is 396 g/mol. The number of methoxy groups -OCH3 is 1. The maximum absolute atomic E-state index is 11.3. The van der Waals surface area contributed by atoms with Crippen LogP contribution in [-0.4, -0.2) is 52.4 Å². The number of aromatic amines is 1. The van der Waals surface area contributed by atoms with Gasteiger partial charge < -0.3 is 20.6 Å². The molecule has 0 aliphatic heterocycles. The number of H-pyrrole nitrogens is 1. The lowest BCUT2D eigenvalue weighted by Gasteiger charge is -2.25. The van der Waals surface area contributed by atoms with Crippen molar-refractivity contribution in [3.8, 4) is 17.1 Å². The molecule has 9 heteroatoms. The number of nitrogens with zero attached hydrogens (tertiary/aromatic N) is 4. The summed E-state index contributed by atoms with van der Waals surface area (Å²) in [7, 11) is 3.25. The Morgan fingerprint density at radius 2 is 2.10 bits per heavy atom. The first-order valence-electron chi connectivity index (χ1n) is 10.2. The number of amidine groups is 1. The molecule has 2 aromatic heterocycles. The van der Waals surface area contributed by atoms with E-state index in [1.807, 2.05) is 24.3 Å². The molecule has 1 aliphatic carbocycles. The van der Waals surface area contributed by atoms with Gasteiger partial charge in [-0.1, -0.05) is 12.1 Å². The zero-order valence-electron chi connectivity index (χ0n) is 17.6. The van der Waals surface area contributed by atoms with Gasteiger partial charge in [0.15, 0.2) is 0 Å². The molecular formula is C22H26N6O3. The van der Waals surface area contributed by atoms with Gasteiger partial charge in [-0.2, -0.15) is 5.10 Å². The van der Waals surface area contributed by atoms with E-state index in [1.54, 1.807) is 18.8 Å². The molecule has 4 rings (SSSR count). The van der Waals surface area contributed by atoms with Gasteiger partial charge in [-0.15, -0.1) is 0 Å². The highest BCUT2D eigenvalue weighted by Gasteiger charge is 2.32. The third-order valence-electron chi connectivity index (χ3n) is 6.04. The molecule has 162 valence electrons. The van der Waals surface area contributed by atoms with E-state index < -0.39 is 5.97 Å². The van der Waals surface area contributed by atoms with E-state index in [1.165, 1.54) is 0 Å². The zero-order chi connectivity index (χ0) is 22.1. The zero-order valence-corrected chi connectivity index (χ0v) is 17.6. The highest BCUT2D eigenvalue weighted by Crippen LogP contribution is 2.38. The smallest absolute Gasteiger partial charge is 0.306 e. The Labute approximate surface area is 179 Å². The minimum absolute atomic E-state index is 0.0668. The number of hydrogen-bond donors (Lipinski definition) is 3. The Kier molecular flexibility index (Phi) is 5.50. The number of aromatic nitrogens is 3. The number of para-hydroxylation sites is 1. The number of hydrogen-bond acceptors (Lipinski definition) is 5. The third-order valence-corrected chi connectivity index (χ3v) is 6.04. The molecule has 1 saturated carbocycles. The molecule has 0 bridgehead atoms. The molecule has 1 fully saturated rings. The van der Waals surface area contributed by atoms with Gasteiger partial charge in [0.2, 0.25) is 0 Å². The fourth-order valence-electron chi connectivity index (χ4n) is 4.39. The van der Waals surface area contributed by atoms with Crippen LogP contribution in [-0.2, 0) is 4.79 Å². The first-order valence-corrected chi connectivity index (χ1v) is 10.2. The summed E-state index contributed by atoms with van der Waals surface area (Å²) in [6.07, 6.45) is 2.64. The van der Waals surface area contributed by atoms with Gasteiger partial charge in [-0.05, 0) is 37.8 Å². The number of nitrogens with two attached hydrogens (primary N) is 1. The topological polar surface area (TPSA) is 131 Å². The number of carboxylic acids is 1. The molecule has 0 unspecified atom stereocenters. The van der Waals surface area contributed by atoms with Crippen LogP contribution in [0.5, 0.6) is 5.75 Å². The second-order valence-electron chi connectivity index (χ2n) is 7.72. The Balaban J connectivity index is 1.83. The normalized spacial score (nSPS) is 19.5. The van der Waals surface area contributed by atoms with Crippen molar-refractivity contribution < 1.29 is 14.6 Å². The SMILES string of the molecule is C=Nn1c(C2CCC(C(=O)O)CC2)nc(-c2cc3cccc(OC)c3[nH]2)c1/C(N)=N\C. The average Bonchev–Trinajstić information content (AvgIpc) is 3.39. The van der Waals surface area contributed by atoms with Gasteiger partial charge in [-0.25, -0.2) is 9.66 Å². The van der Waals surface area contributed by atoms with E-state index in [0.29, 0.717) is 42.9 Å². The van der Waals surface area contributed by atoms with Crippen molar-refractivity contribution in [2.45, 2.75) is 31.6 Å². The average molecular weight is 422 g/mol. The number of nitrogens with one attached hydrogen (secondary N) is 1. The number of carboxylic acid groups (broad SMARTS) is 1. The second-order valence-corrected chi connectivity index (χ2v) is 7.72. The maximum atomic E-state index is 11.3. The van der Waals surface area contributed by atoms with E-state index in [0.717, 1.165) is 28.2 Å². The van der Waals surface area contributed by atoms with Crippen LogP contribution in [0.4, 0.5) is 0 Å². The third kappa shape index (κ3) is 3.56. The summed E-state index contributed by atoms with van der Waals surface area (Å²) in [4.78, 5) is 23.8. The van der Waals surface area contributed by atoms with Crippen LogP contribution < -0.4 is 10.5 Å². The summed E-state index contributed by atoms with van der Waals surface area (Å²) in [5, 5.41) is 14.5. The summed E-state index contributed by atoms with van der Waals surface area (Å²) in [6, 6.07) is 7.80. The van der Waals surface area contributed by atoms with Crippen molar-refractivity contribution >= 4 is 29.4 Å². The fourth-order valence-corrected chi connectivity index (χ4v) is 4.39. The molecule has 1 aromatic carbocycles. The molecule has 31 heavy (non-hydrogen) atoms. The monoisotopic (exact) mass is 422 g/mol. The van der Waals surface area contributed by atoms with E-state index in [4.69, 9.17) is 15.5 Å². The summed E-state index contributed by atoms with van der Waals surface area (Å²) in [6.45, 7) is 3.72. The lowest BCUT2D eigenvalue weighted by Crippen LogP contribution is -2.23. The Morgan fingerprint density at radius 1 is 1.35 bits per heavy atom. The first-order chi connectivity index (χ1) is 15.0. The van der Waals surface area contributed by atoms with Crippen molar-refractivity contribution in [3.63, 3.8) is 0 Å². The number of benzene rings is 1. The fraction of sp³-hybridized carbons (Fsp3) is 0.364. The van der Waals surface area contributed by atoms with E-state index in [-0.39, 0.29) is 11.8 Å². The Bertz CT molecular complexity index is 1170. The lowest BCUT2D eigenvalue weighted by molar-refractivity contribution is -0.142. The molecule has 3 aromatic rings. The van der Waals surface area contributed by atoms with Crippen molar-refractivity contribution in [3.05, 3.63) is 35.8 Å². The predicted molar refractivity (Wildman–Crippen MR) is 120 cm³/mol. The Hall–Kier alpha value is -3.62. The van der Waals surface area contributed by atoms with Crippen LogP contribution in [0.3, 0.4) is 0 Å². The van der Waals surface area contributed by atoms with Gasteiger partial charge in [0.1, 0.15) is 28.8 Å². The van der Waals surface area contributed by atoms with Gasteiger partial charge in [0.05, 0.1) is 24.2 Å². The molecule has 2 heterocycles. The lowest BCUT2D eigenvalue weighted by atomic mass is 9.81. The summed E-state index contributed by atoms with van der Waals surface area (Å²) in [5.41, 5.74) is 9.08. The minimum Gasteiger partial charge on any atom is -0.495 e. The quantitative estimate of drug-likeness (QED) is 0.415. The van der Waals surface area contributed by atoms with Crippen molar-refractivity contribution in [2.24, 2.45) is 21.7 Å². The van der Waals surface area contributed by atoms with Crippen LogP contribution in [0.25, 0.3) is 22.3 Å². The molecule has 4 N–H and O–H groups in total. The number of aliphatic imine (C=N–C) groups is 1. The van der Waals surface area contributed by atoms with Crippen molar-refractivity contribution in [1.82, 2.24) is 14.6 Å². The predicted octanol–water partition coefficient (Wildman–Crippen LogP) is 3.20. The van der Waals surface area contributed by atoms with E-state index >= 15 is 0 Å². The second kappa shape index (κ2) is 8.25. The van der Waals surface area contributed by atoms with Crippen LogP contribution >= 0.6 is 0 Å². The van der Waals surface area contributed by atoms with Gasteiger partial charge in [-0.3, -0.25) is 9.79 Å². The molecule has 0 saturated heterocycles. The number of fused-ring (bicyclic) bond motifs is 1. The molecule has 0 amide bonds.